The van der Waals surface area contributed by atoms with Crippen LogP contribution in [-0.4, -0.2) is 72.3 Å². The Labute approximate surface area is 142 Å². The van der Waals surface area contributed by atoms with Crippen LogP contribution >= 0.6 is 0 Å². The molecule has 0 atom stereocenters. The second-order valence-corrected chi connectivity index (χ2v) is 6.01. The van der Waals surface area contributed by atoms with Gasteiger partial charge in [0.05, 0.1) is 12.3 Å². The maximum Gasteiger partial charge on any atom is 0.271 e. The molecule has 6 heteroatoms. The molecule has 1 amide bonds. The molecule has 1 aromatic heterocycles. The van der Waals surface area contributed by atoms with E-state index in [2.05, 4.69) is 15.1 Å². The molecule has 2 heterocycles. The summed E-state index contributed by atoms with van der Waals surface area (Å²) in [5, 5.41) is 7.17. The fourth-order valence-electron chi connectivity index (χ4n) is 2.98. The second kappa shape index (κ2) is 8.08. The van der Waals surface area contributed by atoms with Gasteiger partial charge in [0.2, 0.25) is 0 Å². The van der Waals surface area contributed by atoms with Crippen LogP contribution in [0.2, 0.25) is 0 Å². The quantitative estimate of drug-likeness (QED) is 0.910. The van der Waals surface area contributed by atoms with Crippen molar-refractivity contribution in [2.24, 2.45) is 0 Å². The van der Waals surface area contributed by atoms with Crippen LogP contribution in [0.4, 0.5) is 0 Å². The summed E-state index contributed by atoms with van der Waals surface area (Å²) in [6.45, 7) is 5.06. The summed E-state index contributed by atoms with van der Waals surface area (Å²) >= 11 is 0. The highest BCUT2D eigenvalue weighted by atomic mass is 16.5. The lowest BCUT2D eigenvalue weighted by molar-refractivity contribution is 0.0753. The Kier molecular flexibility index (Phi) is 5.61. The zero-order valence-electron chi connectivity index (χ0n) is 14.1. The summed E-state index contributed by atoms with van der Waals surface area (Å²) in [4.78, 5) is 17.0. The Morgan fingerprint density at radius 3 is 2.83 bits per heavy atom. The molecule has 1 saturated heterocycles. The molecular weight excluding hydrogens is 304 g/mol. The summed E-state index contributed by atoms with van der Waals surface area (Å²) < 4.78 is 5.14. The highest BCUT2D eigenvalue weighted by molar-refractivity contribution is 5.93. The first-order valence-corrected chi connectivity index (χ1v) is 8.39. The first-order chi connectivity index (χ1) is 11.8. The lowest BCUT2D eigenvalue weighted by Gasteiger charge is -2.21. The molecule has 6 nitrogen and oxygen atoms in total. The fourth-order valence-corrected chi connectivity index (χ4v) is 2.98. The molecule has 24 heavy (non-hydrogen) atoms. The minimum atomic E-state index is 0.0262. The van der Waals surface area contributed by atoms with Crippen LogP contribution in [0.5, 0.6) is 0 Å². The van der Waals surface area contributed by atoms with E-state index >= 15 is 0 Å². The molecule has 2 aromatic rings. The van der Waals surface area contributed by atoms with Crippen molar-refractivity contribution in [3.63, 3.8) is 0 Å². The van der Waals surface area contributed by atoms with Gasteiger partial charge in [0.1, 0.15) is 5.69 Å². The minimum Gasteiger partial charge on any atom is -0.383 e. The molecule has 0 aliphatic carbocycles. The van der Waals surface area contributed by atoms with E-state index in [0.29, 0.717) is 5.69 Å². The minimum absolute atomic E-state index is 0.0262. The average molecular weight is 328 g/mol. The summed E-state index contributed by atoms with van der Waals surface area (Å²) in [6.07, 6.45) is 0.981. The number of rotatable bonds is 5. The van der Waals surface area contributed by atoms with E-state index in [-0.39, 0.29) is 5.91 Å². The average Bonchev–Trinajstić information content (AvgIpc) is 3.00. The zero-order chi connectivity index (χ0) is 16.8. The number of H-pyrrole nitrogens is 1. The van der Waals surface area contributed by atoms with Gasteiger partial charge in [-0.25, -0.2) is 0 Å². The van der Waals surface area contributed by atoms with Crippen LogP contribution in [0.1, 0.15) is 16.9 Å². The molecule has 1 fully saturated rings. The van der Waals surface area contributed by atoms with Crippen LogP contribution in [0, 0.1) is 0 Å². The summed E-state index contributed by atoms with van der Waals surface area (Å²) in [5.74, 6) is 0.0262. The largest absolute Gasteiger partial charge is 0.383 e. The number of benzene rings is 1. The molecule has 1 aliphatic rings. The Hall–Kier alpha value is -2.18. The normalized spacial score (nSPS) is 16.1. The zero-order valence-corrected chi connectivity index (χ0v) is 14.1. The third-order valence-corrected chi connectivity index (χ3v) is 4.37. The molecule has 1 aromatic carbocycles. The van der Waals surface area contributed by atoms with Gasteiger partial charge in [-0.1, -0.05) is 30.3 Å². The number of nitrogens with one attached hydrogen (secondary N) is 1. The number of carbonyl (C=O) groups excluding carboxylic acids is 1. The van der Waals surface area contributed by atoms with Gasteiger partial charge >= 0.3 is 0 Å². The van der Waals surface area contributed by atoms with Crippen molar-refractivity contribution in [1.82, 2.24) is 20.0 Å². The smallest absolute Gasteiger partial charge is 0.271 e. The summed E-state index contributed by atoms with van der Waals surface area (Å²) in [7, 11) is 1.72. The molecule has 0 bridgehead atoms. The van der Waals surface area contributed by atoms with E-state index < -0.39 is 0 Å². The summed E-state index contributed by atoms with van der Waals surface area (Å²) in [5.41, 5.74) is 2.36. The van der Waals surface area contributed by atoms with Gasteiger partial charge < -0.3 is 9.64 Å². The Bertz CT molecular complexity index is 656. The first kappa shape index (κ1) is 16.7. The van der Waals surface area contributed by atoms with Gasteiger partial charge in [0, 0.05) is 38.9 Å². The van der Waals surface area contributed by atoms with Crippen molar-refractivity contribution in [3.8, 4) is 11.3 Å². The lowest BCUT2D eigenvalue weighted by Crippen LogP contribution is -2.36. The predicted octanol–water partition coefficient (Wildman–Crippen LogP) is 1.87. The number of aromatic nitrogens is 2. The van der Waals surface area contributed by atoms with Crippen molar-refractivity contribution in [1.29, 1.82) is 0 Å². The van der Waals surface area contributed by atoms with Crippen LogP contribution in [-0.2, 0) is 4.74 Å². The summed E-state index contributed by atoms with van der Waals surface area (Å²) in [6, 6.07) is 11.7. The van der Waals surface area contributed by atoms with Gasteiger partial charge in [0.15, 0.2) is 0 Å². The van der Waals surface area contributed by atoms with Gasteiger partial charge in [-0.3, -0.25) is 14.8 Å². The van der Waals surface area contributed by atoms with E-state index in [1.54, 1.807) is 7.11 Å². The fraction of sp³-hybridized carbons (Fsp3) is 0.444. The molecule has 128 valence electrons. The topological polar surface area (TPSA) is 61.5 Å². The standard InChI is InChI=1S/C18H24N4O2/c1-24-13-12-21-8-5-9-22(11-10-21)18(23)17-14-16(19-20-17)15-6-3-2-4-7-15/h2-4,6-7,14H,5,8-13H2,1H3,(H,19,20). The maximum atomic E-state index is 12.7. The van der Waals surface area contributed by atoms with Crippen LogP contribution in [0.15, 0.2) is 36.4 Å². The second-order valence-electron chi connectivity index (χ2n) is 6.01. The third kappa shape index (κ3) is 4.01. The van der Waals surface area contributed by atoms with Gasteiger partial charge in [-0.15, -0.1) is 0 Å². The molecule has 0 saturated carbocycles. The first-order valence-electron chi connectivity index (χ1n) is 8.39. The van der Waals surface area contributed by atoms with Crippen molar-refractivity contribution in [2.75, 3.05) is 46.4 Å². The lowest BCUT2D eigenvalue weighted by atomic mass is 10.1. The highest BCUT2D eigenvalue weighted by Crippen LogP contribution is 2.18. The van der Waals surface area contributed by atoms with E-state index in [4.69, 9.17) is 4.74 Å². The Morgan fingerprint density at radius 2 is 2.04 bits per heavy atom. The van der Waals surface area contributed by atoms with E-state index in [1.165, 1.54) is 0 Å². The van der Waals surface area contributed by atoms with Crippen molar-refractivity contribution < 1.29 is 9.53 Å². The number of ether oxygens (including phenoxy) is 1. The number of hydrogen-bond donors (Lipinski definition) is 1. The van der Waals surface area contributed by atoms with Crippen molar-refractivity contribution in [2.45, 2.75) is 6.42 Å². The SMILES string of the molecule is COCCN1CCCN(C(=O)c2cc(-c3ccccc3)n[nH]2)CC1. The molecule has 1 N–H and O–H groups in total. The van der Waals surface area contributed by atoms with Gasteiger partial charge in [-0.2, -0.15) is 5.10 Å². The number of amides is 1. The van der Waals surface area contributed by atoms with E-state index in [9.17, 15) is 4.79 Å². The number of carbonyl (C=O) groups is 1. The number of hydrogen-bond acceptors (Lipinski definition) is 4. The van der Waals surface area contributed by atoms with Gasteiger partial charge in [-0.05, 0) is 19.0 Å². The molecule has 0 spiro atoms. The molecular formula is C18H24N4O2. The van der Waals surface area contributed by atoms with Crippen LogP contribution < -0.4 is 0 Å². The third-order valence-electron chi connectivity index (χ3n) is 4.37. The van der Waals surface area contributed by atoms with Gasteiger partial charge in [0.25, 0.3) is 5.91 Å². The number of nitrogens with zero attached hydrogens (tertiary/aromatic N) is 3. The van der Waals surface area contributed by atoms with Crippen molar-refractivity contribution in [3.05, 3.63) is 42.1 Å². The van der Waals surface area contributed by atoms with E-state index in [0.717, 1.165) is 57.0 Å². The van der Waals surface area contributed by atoms with Crippen molar-refractivity contribution >= 4 is 5.91 Å². The predicted molar refractivity (Wildman–Crippen MR) is 92.9 cm³/mol. The van der Waals surface area contributed by atoms with E-state index in [1.807, 2.05) is 41.3 Å². The van der Waals surface area contributed by atoms with Crippen LogP contribution in [0.25, 0.3) is 11.3 Å². The Morgan fingerprint density at radius 1 is 1.21 bits per heavy atom. The molecule has 0 radical (unpaired) electrons. The molecule has 1 aliphatic heterocycles. The Balaban J connectivity index is 1.63. The number of methoxy groups -OCH3 is 1. The number of aromatic amines is 1. The monoisotopic (exact) mass is 328 g/mol. The molecule has 0 unspecified atom stereocenters. The van der Waals surface area contributed by atoms with Crippen LogP contribution in [0.3, 0.4) is 0 Å². The molecule has 3 rings (SSSR count). The highest BCUT2D eigenvalue weighted by Gasteiger charge is 2.21. The maximum absolute atomic E-state index is 12.7.